The number of ketones is 1. The van der Waals surface area contributed by atoms with Gasteiger partial charge in [-0.2, -0.15) is 0 Å². The van der Waals surface area contributed by atoms with E-state index < -0.39 is 0 Å². The van der Waals surface area contributed by atoms with Gasteiger partial charge in [0.1, 0.15) is 5.78 Å². The molecule has 0 unspecified atom stereocenters. The van der Waals surface area contributed by atoms with Gasteiger partial charge in [0.25, 0.3) is 0 Å². The minimum absolute atomic E-state index is 0.119. The minimum atomic E-state index is 0.119. The van der Waals surface area contributed by atoms with Crippen molar-refractivity contribution in [3.8, 4) is 11.1 Å². The van der Waals surface area contributed by atoms with E-state index >= 15 is 0 Å². The van der Waals surface area contributed by atoms with Gasteiger partial charge in [-0.3, -0.25) is 4.79 Å². The zero-order valence-electron chi connectivity index (χ0n) is 17.0. The summed E-state index contributed by atoms with van der Waals surface area (Å²) in [6.45, 7) is 4.46. The number of hydrogen-bond acceptors (Lipinski definition) is 1. The van der Waals surface area contributed by atoms with Crippen LogP contribution < -0.4 is 0 Å². The standard InChI is InChI=1S/C26H34O/c1-3-5-6-8-20-9-12-22(13-10-20)23-14-16-24(17-15-23)25-18-11-21(7-4-2)19-26(25)27/h9-10,12-17,21,25H,3-8,11,18-19H2,1-2H3/t21-,25+/m0/s1. The minimum Gasteiger partial charge on any atom is -0.299 e. The van der Waals surface area contributed by atoms with Gasteiger partial charge in [0.15, 0.2) is 0 Å². The average molecular weight is 363 g/mol. The van der Waals surface area contributed by atoms with Gasteiger partial charge in [0.2, 0.25) is 0 Å². The maximum absolute atomic E-state index is 12.6. The largest absolute Gasteiger partial charge is 0.299 e. The quantitative estimate of drug-likeness (QED) is 0.449. The van der Waals surface area contributed by atoms with Crippen molar-refractivity contribution in [1.29, 1.82) is 0 Å². The third-order valence-electron chi connectivity index (χ3n) is 6.11. The first-order chi connectivity index (χ1) is 13.2. The molecule has 0 heterocycles. The van der Waals surface area contributed by atoms with Gasteiger partial charge in [0, 0.05) is 12.3 Å². The van der Waals surface area contributed by atoms with Crippen LogP contribution in [0.4, 0.5) is 0 Å². The molecule has 0 bridgehead atoms. The second-order valence-corrected chi connectivity index (χ2v) is 8.23. The van der Waals surface area contributed by atoms with Crippen molar-refractivity contribution < 1.29 is 4.79 Å². The number of aryl methyl sites for hydroxylation is 1. The second-order valence-electron chi connectivity index (χ2n) is 8.23. The molecule has 27 heavy (non-hydrogen) atoms. The summed E-state index contributed by atoms with van der Waals surface area (Å²) >= 11 is 0. The summed E-state index contributed by atoms with van der Waals surface area (Å²) in [4.78, 5) is 12.6. The third kappa shape index (κ3) is 5.31. The Morgan fingerprint density at radius 2 is 1.48 bits per heavy atom. The molecule has 3 rings (SSSR count). The molecular formula is C26H34O. The van der Waals surface area contributed by atoms with Crippen LogP contribution in [0.3, 0.4) is 0 Å². The monoisotopic (exact) mass is 362 g/mol. The van der Waals surface area contributed by atoms with Gasteiger partial charge >= 0.3 is 0 Å². The van der Waals surface area contributed by atoms with Crippen molar-refractivity contribution in [3.05, 3.63) is 59.7 Å². The third-order valence-corrected chi connectivity index (χ3v) is 6.11. The van der Waals surface area contributed by atoms with E-state index in [4.69, 9.17) is 0 Å². The summed E-state index contributed by atoms with van der Waals surface area (Å²) in [5, 5.41) is 0. The number of Topliss-reactive ketones (excluding diaryl/α,β-unsaturated/α-hetero) is 1. The SMILES string of the molecule is CCCCCc1ccc(-c2ccc([C@H]3CC[C@H](CCC)CC3=O)cc2)cc1. The second kappa shape index (κ2) is 9.88. The van der Waals surface area contributed by atoms with Gasteiger partial charge in [-0.1, -0.05) is 88.1 Å². The molecule has 0 saturated heterocycles. The van der Waals surface area contributed by atoms with Crippen molar-refractivity contribution in [2.24, 2.45) is 5.92 Å². The fraction of sp³-hybridized carbons (Fsp3) is 0.500. The molecule has 1 aliphatic rings. The average Bonchev–Trinajstić information content (AvgIpc) is 2.69. The number of unbranched alkanes of at least 4 members (excludes halogenated alkanes) is 2. The molecule has 0 spiro atoms. The number of carbonyl (C=O) groups excluding carboxylic acids is 1. The molecule has 0 radical (unpaired) electrons. The Hall–Kier alpha value is -1.89. The highest BCUT2D eigenvalue weighted by atomic mass is 16.1. The van der Waals surface area contributed by atoms with Crippen LogP contribution >= 0.6 is 0 Å². The molecule has 0 aromatic heterocycles. The van der Waals surface area contributed by atoms with Crippen molar-refractivity contribution in [1.82, 2.24) is 0 Å². The maximum atomic E-state index is 12.6. The van der Waals surface area contributed by atoms with Crippen molar-refractivity contribution in [2.75, 3.05) is 0 Å². The van der Waals surface area contributed by atoms with E-state index in [1.807, 2.05) is 0 Å². The molecule has 0 amide bonds. The van der Waals surface area contributed by atoms with E-state index in [1.54, 1.807) is 0 Å². The van der Waals surface area contributed by atoms with Crippen LogP contribution in [0.25, 0.3) is 11.1 Å². The van der Waals surface area contributed by atoms with Crippen LogP contribution in [0.1, 0.15) is 82.3 Å². The van der Waals surface area contributed by atoms with Gasteiger partial charge in [-0.15, -0.1) is 0 Å². The van der Waals surface area contributed by atoms with Gasteiger partial charge in [0.05, 0.1) is 0 Å². The topological polar surface area (TPSA) is 17.1 Å². The first-order valence-electron chi connectivity index (χ1n) is 10.9. The highest BCUT2D eigenvalue weighted by Crippen LogP contribution is 2.35. The van der Waals surface area contributed by atoms with E-state index in [0.717, 1.165) is 12.8 Å². The molecule has 1 heteroatoms. The Morgan fingerprint density at radius 3 is 2.07 bits per heavy atom. The molecule has 0 N–H and O–H groups in total. The molecule has 2 aromatic carbocycles. The number of carbonyl (C=O) groups is 1. The summed E-state index contributed by atoms with van der Waals surface area (Å²) in [5.74, 6) is 1.19. The molecule has 1 nitrogen and oxygen atoms in total. The maximum Gasteiger partial charge on any atom is 0.140 e. The highest BCUT2D eigenvalue weighted by molar-refractivity contribution is 5.86. The molecule has 2 aromatic rings. The molecule has 2 atom stereocenters. The molecule has 1 saturated carbocycles. The molecule has 1 fully saturated rings. The number of hydrogen-bond donors (Lipinski definition) is 0. The lowest BCUT2D eigenvalue weighted by molar-refractivity contribution is -0.123. The van der Waals surface area contributed by atoms with Crippen LogP contribution in [-0.2, 0) is 11.2 Å². The van der Waals surface area contributed by atoms with E-state index in [9.17, 15) is 4.79 Å². The first kappa shape index (κ1) is 19.9. The molecule has 144 valence electrons. The number of benzene rings is 2. The Balaban J connectivity index is 1.62. The van der Waals surface area contributed by atoms with Crippen LogP contribution in [0.5, 0.6) is 0 Å². The zero-order valence-corrected chi connectivity index (χ0v) is 17.0. The predicted molar refractivity (Wildman–Crippen MR) is 115 cm³/mol. The molecule has 0 aliphatic heterocycles. The fourth-order valence-corrected chi connectivity index (χ4v) is 4.45. The van der Waals surface area contributed by atoms with Gasteiger partial charge in [-0.25, -0.2) is 0 Å². The fourth-order valence-electron chi connectivity index (χ4n) is 4.45. The number of rotatable bonds is 8. The Labute approximate surface area is 165 Å². The lowest BCUT2D eigenvalue weighted by Gasteiger charge is -2.27. The van der Waals surface area contributed by atoms with Crippen LogP contribution in [-0.4, -0.2) is 5.78 Å². The Kier molecular flexibility index (Phi) is 7.26. The van der Waals surface area contributed by atoms with E-state index in [-0.39, 0.29) is 5.92 Å². The highest BCUT2D eigenvalue weighted by Gasteiger charge is 2.29. The van der Waals surface area contributed by atoms with Crippen molar-refractivity contribution in [3.63, 3.8) is 0 Å². The Bertz CT molecular complexity index is 711. The van der Waals surface area contributed by atoms with Gasteiger partial charge in [-0.05, 0) is 53.9 Å². The zero-order chi connectivity index (χ0) is 19.1. The summed E-state index contributed by atoms with van der Waals surface area (Å²) < 4.78 is 0. The molecule has 1 aliphatic carbocycles. The Morgan fingerprint density at radius 1 is 0.815 bits per heavy atom. The van der Waals surface area contributed by atoms with Crippen molar-refractivity contribution >= 4 is 5.78 Å². The van der Waals surface area contributed by atoms with Crippen LogP contribution in [0.15, 0.2) is 48.5 Å². The van der Waals surface area contributed by atoms with Crippen LogP contribution in [0, 0.1) is 5.92 Å². The normalized spacial score (nSPS) is 20.0. The summed E-state index contributed by atoms with van der Waals surface area (Å²) in [5.41, 5.74) is 5.14. The summed E-state index contributed by atoms with van der Waals surface area (Å²) in [6.07, 6.45) is 10.4. The summed E-state index contributed by atoms with van der Waals surface area (Å²) in [6, 6.07) is 17.7. The van der Waals surface area contributed by atoms with E-state index in [1.165, 1.54) is 67.2 Å². The van der Waals surface area contributed by atoms with Crippen LogP contribution in [0.2, 0.25) is 0 Å². The van der Waals surface area contributed by atoms with Crippen molar-refractivity contribution in [2.45, 2.75) is 77.6 Å². The first-order valence-corrected chi connectivity index (χ1v) is 10.9. The smallest absolute Gasteiger partial charge is 0.140 e. The van der Waals surface area contributed by atoms with E-state index in [0.29, 0.717) is 11.7 Å². The van der Waals surface area contributed by atoms with E-state index in [2.05, 4.69) is 62.4 Å². The lowest BCUT2D eigenvalue weighted by Crippen LogP contribution is -2.23. The predicted octanol–water partition coefficient (Wildman–Crippen LogP) is 7.34. The summed E-state index contributed by atoms with van der Waals surface area (Å²) in [7, 11) is 0. The molecular weight excluding hydrogens is 328 g/mol. The van der Waals surface area contributed by atoms with Gasteiger partial charge < -0.3 is 0 Å². The lowest BCUT2D eigenvalue weighted by atomic mass is 9.76.